The summed E-state index contributed by atoms with van der Waals surface area (Å²) in [6.45, 7) is 14.3. The van der Waals surface area contributed by atoms with E-state index in [0.717, 1.165) is 24.2 Å². The van der Waals surface area contributed by atoms with Crippen molar-refractivity contribution in [1.29, 1.82) is 0 Å². The van der Waals surface area contributed by atoms with Gasteiger partial charge >= 0.3 is 214 Å². The van der Waals surface area contributed by atoms with E-state index in [1.165, 1.54) is 55.2 Å². The Labute approximate surface area is 213 Å². The zero-order valence-corrected chi connectivity index (χ0v) is 24.0. The first-order valence-corrected chi connectivity index (χ1v) is 15.8. The molecule has 1 N–H and O–H groups in total. The van der Waals surface area contributed by atoms with Crippen LogP contribution in [0, 0.1) is 17.8 Å². The Morgan fingerprint density at radius 2 is 1.39 bits per heavy atom. The van der Waals surface area contributed by atoms with Gasteiger partial charge in [-0.25, -0.2) is 0 Å². The Morgan fingerprint density at radius 1 is 0.788 bits per heavy atom. The fraction of sp³-hybridized carbons (Fsp3) is 0.613. The molecule has 2 aromatic rings. The topological polar surface area (TPSA) is 12.0 Å². The Balaban J connectivity index is 1.36. The van der Waals surface area contributed by atoms with Crippen molar-refractivity contribution in [3.8, 4) is 11.1 Å². The molecule has 0 heterocycles. The van der Waals surface area contributed by atoms with Gasteiger partial charge in [0.25, 0.3) is 0 Å². The summed E-state index contributed by atoms with van der Waals surface area (Å²) in [6.07, 6.45) is 10.1. The van der Waals surface area contributed by atoms with Gasteiger partial charge in [-0.15, -0.1) is 0 Å². The molecule has 0 atom stereocenters. The molecule has 2 heteroatoms. The summed E-state index contributed by atoms with van der Waals surface area (Å²) in [5, 5.41) is 0. The molecule has 4 bridgehead atoms. The van der Waals surface area contributed by atoms with Crippen molar-refractivity contribution in [2.24, 2.45) is 17.8 Å². The van der Waals surface area contributed by atoms with Gasteiger partial charge in [0, 0.05) is 0 Å². The fourth-order valence-corrected chi connectivity index (χ4v) is 12.1. The van der Waals surface area contributed by atoms with E-state index in [9.17, 15) is 0 Å². The molecule has 7 rings (SSSR count). The van der Waals surface area contributed by atoms with Crippen LogP contribution in [-0.4, -0.2) is 5.54 Å². The zero-order chi connectivity index (χ0) is 23.2. The van der Waals surface area contributed by atoms with Crippen LogP contribution >= 0.6 is 0 Å². The Kier molecular flexibility index (Phi) is 5.26. The second-order valence-electron chi connectivity index (χ2n) is 14.0. The molecule has 0 unspecified atom stereocenters. The second kappa shape index (κ2) is 7.64. The van der Waals surface area contributed by atoms with E-state index < -0.39 is 23.5 Å². The minimum atomic E-state index is -0.903. The number of rotatable bonds is 3. The molecule has 4 saturated carbocycles. The average Bonchev–Trinajstić information content (AvgIpc) is 3.08. The second-order valence-corrected chi connectivity index (χ2v) is 16.5. The van der Waals surface area contributed by atoms with Crippen LogP contribution in [0.25, 0.3) is 11.1 Å². The molecule has 1 nitrogen and oxygen atoms in total. The number of hydrogen-bond donors (Lipinski definition) is 1. The van der Waals surface area contributed by atoms with Crippen LogP contribution in [0.2, 0.25) is 0 Å². The molecule has 4 fully saturated rings. The molecule has 174 valence electrons. The first-order chi connectivity index (χ1) is 15.5. The van der Waals surface area contributed by atoms with Crippen LogP contribution in [-0.2, 0) is 40.8 Å². The van der Waals surface area contributed by atoms with E-state index in [2.05, 4.69) is 75.1 Å². The van der Waals surface area contributed by atoms with E-state index in [0.29, 0.717) is 5.54 Å². The Hall–Kier alpha value is -0.717. The molecular formula is C31H41NZr. The first-order valence-electron chi connectivity index (χ1n) is 13.3. The summed E-state index contributed by atoms with van der Waals surface area (Å²) in [5.41, 5.74) is 10.2. The summed E-state index contributed by atoms with van der Waals surface area (Å²) in [6, 6.07) is 12.2. The van der Waals surface area contributed by atoms with Crippen molar-refractivity contribution in [1.82, 2.24) is 3.26 Å². The van der Waals surface area contributed by atoms with E-state index in [1.54, 1.807) is 20.0 Å². The maximum absolute atomic E-state index is 4.42. The molecule has 0 saturated heterocycles. The van der Waals surface area contributed by atoms with Crippen molar-refractivity contribution in [2.45, 2.75) is 103 Å². The van der Waals surface area contributed by atoms with Gasteiger partial charge in [0.15, 0.2) is 0 Å². The molecular weight excluding hydrogens is 478 g/mol. The predicted molar refractivity (Wildman–Crippen MR) is 136 cm³/mol. The van der Waals surface area contributed by atoms with Crippen LogP contribution in [0.3, 0.4) is 0 Å². The molecule has 0 amide bonds. The van der Waals surface area contributed by atoms with Gasteiger partial charge in [-0.1, -0.05) is 0 Å². The quantitative estimate of drug-likeness (QED) is 0.392. The Morgan fingerprint density at radius 3 is 1.97 bits per heavy atom. The molecule has 0 aromatic heterocycles. The summed E-state index contributed by atoms with van der Waals surface area (Å²) >= 11 is -0.903. The summed E-state index contributed by atoms with van der Waals surface area (Å²) in [5.74, 6) is 3.06. The van der Waals surface area contributed by atoms with Crippen molar-refractivity contribution in [3.05, 3.63) is 52.6 Å². The normalized spacial score (nSPS) is 29.8. The van der Waals surface area contributed by atoms with Gasteiger partial charge in [-0.2, -0.15) is 0 Å². The van der Waals surface area contributed by atoms with E-state index in [-0.39, 0.29) is 10.8 Å². The van der Waals surface area contributed by atoms with Gasteiger partial charge in [-0.3, -0.25) is 0 Å². The van der Waals surface area contributed by atoms with Gasteiger partial charge in [0.05, 0.1) is 0 Å². The monoisotopic (exact) mass is 517 g/mol. The first kappa shape index (κ1) is 22.7. The van der Waals surface area contributed by atoms with Crippen LogP contribution in [0.5, 0.6) is 0 Å². The maximum atomic E-state index is 4.42. The van der Waals surface area contributed by atoms with Crippen molar-refractivity contribution in [2.75, 3.05) is 0 Å². The molecule has 5 aliphatic rings. The Bertz CT molecular complexity index is 1060. The molecule has 5 aliphatic carbocycles. The predicted octanol–water partition coefficient (Wildman–Crippen LogP) is 7.03. The van der Waals surface area contributed by atoms with Gasteiger partial charge < -0.3 is 0 Å². The number of hydrogen-bond acceptors (Lipinski definition) is 1. The van der Waals surface area contributed by atoms with E-state index >= 15 is 0 Å². The molecule has 0 spiro atoms. The van der Waals surface area contributed by atoms with Gasteiger partial charge in [-0.05, 0) is 0 Å². The van der Waals surface area contributed by atoms with Crippen LogP contribution in [0.1, 0.15) is 102 Å². The van der Waals surface area contributed by atoms with Gasteiger partial charge in [0.2, 0.25) is 0 Å². The minimum absolute atomic E-state index is 0.208. The summed E-state index contributed by atoms with van der Waals surface area (Å²) in [4.78, 5) is 0. The third-order valence-corrected chi connectivity index (χ3v) is 12.9. The average molecular weight is 519 g/mol. The number of benzene rings is 2. The standard InChI is InChI=1S/C21H25.C10H16N.Zr/c1-20(2,3)16-7-9-18-14(12-16)11-15-13-17(21(4,5)6)8-10-19(15)18;11-10-4-7-1-8(5-10)3-9(2-7)6-10;/h7-10,12H,11H2,1-6H3;7-9,11H,1-6H2;/q;-1;+1. The summed E-state index contributed by atoms with van der Waals surface area (Å²) in [7, 11) is 0. The van der Waals surface area contributed by atoms with E-state index in [4.69, 9.17) is 0 Å². The zero-order valence-electron chi connectivity index (χ0n) is 21.6. The van der Waals surface area contributed by atoms with E-state index in [1.807, 2.05) is 0 Å². The number of fused-ring (bicyclic) bond motifs is 3. The summed E-state index contributed by atoms with van der Waals surface area (Å²) < 4.78 is 6.19. The van der Waals surface area contributed by atoms with Crippen molar-refractivity contribution >= 4 is 3.27 Å². The third kappa shape index (κ3) is 3.96. The van der Waals surface area contributed by atoms with Gasteiger partial charge in [0.1, 0.15) is 0 Å². The molecule has 0 radical (unpaired) electrons. The van der Waals surface area contributed by atoms with Crippen molar-refractivity contribution in [3.63, 3.8) is 0 Å². The number of nitrogens with one attached hydrogen (secondary N) is 1. The molecule has 33 heavy (non-hydrogen) atoms. The van der Waals surface area contributed by atoms with Crippen LogP contribution < -0.4 is 6.53 Å². The fourth-order valence-electron chi connectivity index (χ4n) is 7.97. The van der Waals surface area contributed by atoms with Crippen LogP contribution in [0.4, 0.5) is 0 Å². The van der Waals surface area contributed by atoms with Crippen LogP contribution in [0.15, 0.2) is 30.3 Å². The van der Waals surface area contributed by atoms with Crippen molar-refractivity contribution < 1.29 is 23.5 Å². The molecule has 2 aromatic carbocycles. The molecule has 0 aliphatic heterocycles. The SMILES string of the molecule is CC(C)(C)c1ccc2c(c1)Cc1c-2ccc(C(C)(C)C)[c]1[Zr][NH]C12CC3CC(CC(C3)C1)C2. The third-order valence-electron chi connectivity index (χ3n) is 9.24.